The molecule has 2 aromatic heterocycles. The molecule has 0 radical (unpaired) electrons. The fourth-order valence-electron chi connectivity index (χ4n) is 6.26. The van der Waals surface area contributed by atoms with E-state index < -0.39 is 0 Å². The summed E-state index contributed by atoms with van der Waals surface area (Å²) in [5.41, 5.74) is 9.56. The largest absolute Gasteiger partial charge is 0.244 e. The first-order valence-corrected chi connectivity index (χ1v) is 17.6. The molecule has 0 saturated heterocycles. The Morgan fingerprint density at radius 3 is 1.06 bits per heavy atom. The van der Waals surface area contributed by atoms with Gasteiger partial charge in [0.15, 0.2) is 0 Å². The lowest BCUT2D eigenvalue weighted by Crippen LogP contribution is -1.81. The number of benzene rings is 7. The summed E-state index contributed by atoms with van der Waals surface area (Å²) in [5.74, 6) is 0. The number of aromatic nitrogens is 2. The molecule has 0 aliphatic rings. The molecule has 226 valence electrons. The van der Waals surface area contributed by atoms with Crippen LogP contribution in [0.15, 0.2) is 170 Å². The Hall–Kier alpha value is -5.68. The molecule has 0 bridgehead atoms. The fourth-order valence-corrected chi connectivity index (χ4v) is 8.10. The van der Waals surface area contributed by atoms with E-state index in [2.05, 4.69) is 146 Å². The predicted molar refractivity (Wildman–Crippen MR) is 205 cm³/mol. The van der Waals surface area contributed by atoms with Crippen molar-refractivity contribution in [3.63, 3.8) is 0 Å². The minimum atomic E-state index is 1.03. The molecule has 0 atom stereocenters. The summed E-state index contributed by atoms with van der Waals surface area (Å²) in [5, 5.41) is 6.93. The number of nitrogens with zero attached hydrogens (tertiary/aromatic N) is 2. The van der Waals surface area contributed by atoms with E-state index in [1.807, 2.05) is 24.5 Å². The van der Waals surface area contributed by atoms with Crippen molar-refractivity contribution in [1.82, 2.24) is 9.97 Å². The van der Waals surface area contributed by atoms with E-state index in [4.69, 9.17) is 9.97 Å². The average molecular weight is 649 g/mol. The Morgan fingerprint density at radius 2 is 0.646 bits per heavy atom. The summed E-state index contributed by atoms with van der Waals surface area (Å²) in [6.45, 7) is 0. The van der Waals surface area contributed by atoms with Gasteiger partial charge in [0.2, 0.25) is 0 Å². The third kappa shape index (κ3) is 5.51. The van der Waals surface area contributed by atoms with Crippen LogP contribution in [0, 0.1) is 0 Å². The topological polar surface area (TPSA) is 25.8 Å². The fraction of sp³-hybridized carbons (Fsp3) is 0. The lowest BCUT2D eigenvalue weighted by atomic mass is 10.0. The quantitative estimate of drug-likeness (QED) is 0.168. The van der Waals surface area contributed by atoms with Gasteiger partial charge in [-0.2, -0.15) is 0 Å². The van der Waals surface area contributed by atoms with Gasteiger partial charge < -0.3 is 0 Å². The van der Waals surface area contributed by atoms with Crippen LogP contribution in [0.4, 0.5) is 0 Å². The van der Waals surface area contributed by atoms with E-state index >= 15 is 0 Å². The second kappa shape index (κ2) is 12.2. The standard InChI is InChI=1S/C44H28N2S2/c1-3-7-29(8-4-1)31-11-15-33(16-12-31)41-27-45-43(47-41)37-21-19-35-24-40-26-38(22-20-36(40)23-39(35)25-37)44-46-28-42(48-44)34-17-13-32(14-18-34)30-9-5-2-6-10-30/h1-28H. The van der Waals surface area contributed by atoms with E-state index in [-0.39, 0.29) is 0 Å². The maximum Gasteiger partial charge on any atom is 0.123 e. The third-order valence-corrected chi connectivity index (χ3v) is 11.0. The van der Waals surface area contributed by atoms with Gasteiger partial charge in [0, 0.05) is 23.5 Å². The van der Waals surface area contributed by atoms with Crippen molar-refractivity contribution in [2.75, 3.05) is 0 Å². The summed E-state index contributed by atoms with van der Waals surface area (Å²) >= 11 is 3.47. The number of thiazole rings is 2. The lowest BCUT2D eigenvalue weighted by molar-refractivity contribution is 1.41. The summed E-state index contributed by atoms with van der Waals surface area (Å²) in [6, 6.07) is 56.4. The van der Waals surface area contributed by atoms with Crippen molar-refractivity contribution in [1.29, 1.82) is 0 Å². The second-order valence-electron chi connectivity index (χ2n) is 11.9. The number of fused-ring (bicyclic) bond motifs is 2. The Bertz CT molecular complexity index is 2350. The third-order valence-electron chi connectivity index (χ3n) is 8.85. The van der Waals surface area contributed by atoms with Crippen LogP contribution in [0.2, 0.25) is 0 Å². The van der Waals surface area contributed by atoms with Crippen molar-refractivity contribution in [2.45, 2.75) is 0 Å². The highest BCUT2D eigenvalue weighted by atomic mass is 32.1. The molecule has 9 rings (SSSR count). The second-order valence-corrected chi connectivity index (χ2v) is 14.0. The van der Waals surface area contributed by atoms with E-state index in [1.165, 1.54) is 64.7 Å². The van der Waals surface area contributed by atoms with E-state index in [0.717, 1.165) is 21.1 Å². The lowest BCUT2D eigenvalue weighted by Gasteiger charge is -2.06. The molecule has 0 amide bonds. The zero-order chi connectivity index (χ0) is 31.9. The zero-order valence-electron chi connectivity index (χ0n) is 25.9. The minimum Gasteiger partial charge on any atom is -0.244 e. The monoisotopic (exact) mass is 648 g/mol. The van der Waals surface area contributed by atoms with Gasteiger partial charge >= 0.3 is 0 Å². The number of rotatable bonds is 6. The highest BCUT2D eigenvalue weighted by Gasteiger charge is 2.11. The highest BCUT2D eigenvalue weighted by molar-refractivity contribution is 7.18. The van der Waals surface area contributed by atoms with E-state index in [1.54, 1.807) is 22.7 Å². The molecular weight excluding hydrogens is 621 g/mol. The zero-order valence-corrected chi connectivity index (χ0v) is 27.5. The van der Waals surface area contributed by atoms with Crippen LogP contribution in [-0.4, -0.2) is 9.97 Å². The van der Waals surface area contributed by atoms with Gasteiger partial charge in [0.25, 0.3) is 0 Å². The van der Waals surface area contributed by atoms with Gasteiger partial charge in [0.05, 0.1) is 9.75 Å². The summed E-state index contributed by atoms with van der Waals surface area (Å²) < 4.78 is 0. The molecule has 0 fully saturated rings. The molecule has 4 heteroatoms. The van der Waals surface area contributed by atoms with Crippen molar-refractivity contribution >= 4 is 44.2 Å². The van der Waals surface area contributed by atoms with E-state index in [9.17, 15) is 0 Å². The Balaban J connectivity index is 0.957. The average Bonchev–Trinajstić information content (AvgIpc) is 3.86. The van der Waals surface area contributed by atoms with Crippen LogP contribution < -0.4 is 0 Å². The molecule has 7 aromatic carbocycles. The summed E-state index contributed by atoms with van der Waals surface area (Å²) in [4.78, 5) is 12.0. The molecular formula is C44H28N2S2. The first-order chi connectivity index (χ1) is 23.7. The normalized spacial score (nSPS) is 11.3. The molecule has 0 N–H and O–H groups in total. The van der Waals surface area contributed by atoms with Gasteiger partial charge in [-0.1, -0.05) is 133 Å². The Kier molecular flexibility index (Phi) is 7.23. The van der Waals surface area contributed by atoms with Crippen LogP contribution in [0.1, 0.15) is 0 Å². The highest BCUT2D eigenvalue weighted by Crippen LogP contribution is 2.37. The van der Waals surface area contributed by atoms with Crippen LogP contribution in [0.5, 0.6) is 0 Å². The van der Waals surface area contributed by atoms with Crippen molar-refractivity contribution in [3.05, 3.63) is 170 Å². The molecule has 2 heterocycles. The van der Waals surface area contributed by atoms with Crippen LogP contribution in [-0.2, 0) is 0 Å². The summed E-state index contributed by atoms with van der Waals surface area (Å²) in [7, 11) is 0. The molecule has 48 heavy (non-hydrogen) atoms. The van der Waals surface area contributed by atoms with Gasteiger partial charge in [-0.25, -0.2) is 9.97 Å². The smallest absolute Gasteiger partial charge is 0.123 e. The maximum absolute atomic E-state index is 4.81. The van der Waals surface area contributed by atoms with Crippen LogP contribution in [0.3, 0.4) is 0 Å². The molecule has 0 saturated carbocycles. The maximum atomic E-state index is 4.81. The van der Waals surface area contributed by atoms with Crippen LogP contribution >= 0.6 is 22.7 Å². The molecule has 0 spiro atoms. The van der Waals surface area contributed by atoms with Gasteiger partial charge in [0.1, 0.15) is 10.0 Å². The SMILES string of the molecule is c1ccc(-c2ccc(-c3cnc(-c4ccc5cc6cc(-c7ncc(-c8ccc(-c9ccccc9)cc8)s7)ccc6cc5c4)s3)cc2)cc1. The molecule has 0 aliphatic carbocycles. The van der Waals surface area contributed by atoms with Crippen LogP contribution in [0.25, 0.3) is 85.8 Å². The van der Waals surface area contributed by atoms with Crippen molar-refractivity contribution in [2.24, 2.45) is 0 Å². The first-order valence-electron chi connectivity index (χ1n) is 16.0. The van der Waals surface area contributed by atoms with Crippen molar-refractivity contribution < 1.29 is 0 Å². The van der Waals surface area contributed by atoms with Crippen molar-refractivity contribution in [3.8, 4) is 64.3 Å². The number of hydrogen-bond donors (Lipinski definition) is 0. The predicted octanol–water partition coefficient (Wildman–Crippen LogP) is 12.9. The Morgan fingerprint density at radius 1 is 0.292 bits per heavy atom. The van der Waals surface area contributed by atoms with Gasteiger partial charge in [-0.05, 0) is 79.2 Å². The van der Waals surface area contributed by atoms with E-state index in [0.29, 0.717) is 0 Å². The van der Waals surface area contributed by atoms with Gasteiger partial charge in [-0.15, -0.1) is 22.7 Å². The molecule has 9 aromatic rings. The minimum absolute atomic E-state index is 1.03. The molecule has 2 nitrogen and oxygen atoms in total. The first kappa shape index (κ1) is 28.5. The molecule has 0 aliphatic heterocycles. The Labute approximate surface area is 287 Å². The molecule has 0 unspecified atom stereocenters. The summed E-state index contributed by atoms with van der Waals surface area (Å²) in [6.07, 6.45) is 3.99. The number of hydrogen-bond acceptors (Lipinski definition) is 4. The van der Waals surface area contributed by atoms with Gasteiger partial charge in [-0.3, -0.25) is 0 Å².